The minimum Gasteiger partial charge on any atom is -0.293 e. The number of aryl methyl sites for hydroxylation is 1. The molecule has 0 spiro atoms. The lowest BCUT2D eigenvalue weighted by Gasteiger charge is -2.23. The molecule has 1 aromatic heterocycles. The molecule has 0 aliphatic heterocycles. The Morgan fingerprint density at radius 3 is 2.65 bits per heavy atom. The fourth-order valence-electron chi connectivity index (χ4n) is 2.51. The van der Waals surface area contributed by atoms with Gasteiger partial charge in [-0.2, -0.15) is 0 Å². The normalized spacial score (nSPS) is 18.8. The van der Waals surface area contributed by atoms with E-state index in [0.29, 0.717) is 0 Å². The van der Waals surface area contributed by atoms with E-state index in [1.807, 2.05) is 30.3 Å². The van der Waals surface area contributed by atoms with E-state index in [4.69, 9.17) is 0 Å². The zero-order valence-electron chi connectivity index (χ0n) is 9.47. The minimum atomic E-state index is 0.00731. The predicted molar refractivity (Wildman–Crippen MR) is 66.1 cm³/mol. The summed E-state index contributed by atoms with van der Waals surface area (Å²) in [4.78, 5) is 16.4. The first-order chi connectivity index (χ1) is 8.36. The molecule has 0 saturated heterocycles. The van der Waals surface area contributed by atoms with Crippen LogP contribution in [0.4, 0.5) is 0 Å². The smallest absolute Gasteiger partial charge is 0.170 e. The molecular formula is C15H13NO. The standard InChI is InChI=1S/C15H13NO/c17-15-13-4-2-1-3-11(13)5-6-14(15)12-7-9-16-10-8-12/h1-4,7-10,14H,5-6H2. The average molecular weight is 223 g/mol. The van der Waals surface area contributed by atoms with Crippen LogP contribution in [-0.2, 0) is 6.42 Å². The highest BCUT2D eigenvalue weighted by molar-refractivity contribution is 6.03. The Morgan fingerprint density at radius 1 is 1.06 bits per heavy atom. The highest BCUT2D eigenvalue weighted by Gasteiger charge is 2.27. The number of ketones is 1. The summed E-state index contributed by atoms with van der Waals surface area (Å²) in [7, 11) is 0. The number of fused-ring (bicyclic) bond motifs is 1. The molecular weight excluding hydrogens is 210 g/mol. The maximum absolute atomic E-state index is 12.4. The van der Waals surface area contributed by atoms with Gasteiger partial charge in [0, 0.05) is 23.9 Å². The molecule has 0 fully saturated rings. The first-order valence-corrected chi connectivity index (χ1v) is 5.88. The van der Waals surface area contributed by atoms with E-state index >= 15 is 0 Å². The largest absolute Gasteiger partial charge is 0.293 e. The maximum Gasteiger partial charge on any atom is 0.170 e. The summed E-state index contributed by atoms with van der Waals surface area (Å²) in [5.74, 6) is 0.256. The monoisotopic (exact) mass is 223 g/mol. The fraction of sp³-hybridized carbons (Fsp3) is 0.200. The molecule has 17 heavy (non-hydrogen) atoms. The molecule has 0 amide bonds. The van der Waals surface area contributed by atoms with Gasteiger partial charge in [0.2, 0.25) is 0 Å². The van der Waals surface area contributed by atoms with E-state index in [2.05, 4.69) is 11.1 Å². The van der Waals surface area contributed by atoms with E-state index in [9.17, 15) is 4.79 Å². The summed E-state index contributed by atoms with van der Waals surface area (Å²) < 4.78 is 0. The van der Waals surface area contributed by atoms with E-state index in [0.717, 1.165) is 24.0 Å². The van der Waals surface area contributed by atoms with Crippen molar-refractivity contribution in [3.05, 3.63) is 65.5 Å². The first kappa shape index (κ1) is 10.2. The van der Waals surface area contributed by atoms with Gasteiger partial charge in [-0.15, -0.1) is 0 Å². The highest BCUT2D eigenvalue weighted by atomic mass is 16.1. The maximum atomic E-state index is 12.4. The quantitative estimate of drug-likeness (QED) is 0.744. The van der Waals surface area contributed by atoms with Gasteiger partial charge in [0.1, 0.15) is 0 Å². The van der Waals surface area contributed by atoms with Crippen molar-refractivity contribution in [3.63, 3.8) is 0 Å². The number of rotatable bonds is 1. The van der Waals surface area contributed by atoms with Crippen molar-refractivity contribution >= 4 is 5.78 Å². The number of pyridine rings is 1. The molecule has 2 aromatic rings. The van der Waals surface area contributed by atoms with Gasteiger partial charge in [-0.25, -0.2) is 0 Å². The van der Waals surface area contributed by atoms with Crippen LogP contribution in [0.25, 0.3) is 0 Å². The molecule has 1 atom stereocenters. The minimum absolute atomic E-state index is 0.00731. The van der Waals surface area contributed by atoms with Crippen molar-refractivity contribution in [3.8, 4) is 0 Å². The number of hydrogen-bond acceptors (Lipinski definition) is 2. The fourth-order valence-corrected chi connectivity index (χ4v) is 2.51. The predicted octanol–water partition coefficient (Wildman–Crippen LogP) is 2.99. The van der Waals surface area contributed by atoms with Crippen LogP contribution in [-0.4, -0.2) is 10.8 Å². The molecule has 0 bridgehead atoms. The lowest BCUT2D eigenvalue weighted by atomic mass is 9.79. The van der Waals surface area contributed by atoms with E-state index < -0.39 is 0 Å². The summed E-state index contributed by atoms with van der Waals surface area (Å²) in [5.41, 5.74) is 3.16. The summed E-state index contributed by atoms with van der Waals surface area (Å²) in [6.07, 6.45) is 5.39. The van der Waals surface area contributed by atoms with Crippen LogP contribution in [0.15, 0.2) is 48.8 Å². The Morgan fingerprint density at radius 2 is 1.82 bits per heavy atom. The van der Waals surface area contributed by atoms with E-state index in [1.54, 1.807) is 12.4 Å². The van der Waals surface area contributed by atoms with Crippen LogP contribution >= 0.6 is 0 Å². The molecule has 3 rings (SSSR count). The number of aromatic nitrogens is 1. The molecule has 1 unspecified atom stereocenters. The van der Waals surface area contributed by atoms with Crippen molar-refractivity contribution in [2.75, 3.05) is 0 Å². The Hall–Kier alpha value is -1.96. The number of carbonyl (C=O) groups is 1. The van der Waals surface area contributed by atoms with Crippen LogP contribution in [0.5, 0.6) is 0 Å². The lowest BCUT2D eigenvalue weighted by Crippen LogP contribution is -2.20. The molecule has 0 N–H and O–H groups in total. The van der Waals surface area contributed by atoms with Gasteiger partial charge in [-0.05, 0) is 36.1 Å². The summed E-state index contributed by atoms with van der Waals surface area (Å²) in [6.45, 7) is 0. The number of carbonyl (C=O) groups excluding carboxylic acids is 1. The zero-order chi connectivity index (χ0) is 11.7. The average Bonchev–Trinajstić information content (AvgIpc) is 2.40. The van der Waals surface area contributed by atoms with Gasteiger partial charge < -0.3 is 0 Å². The van der Waals surface area contributed by atoms with Crippen LogP contribution in [0.3, 0.4) is 0 Å². The van der Waals surface area contributed by atoms with Crippen molar-refractivity contribution in [1.82, 2.24) is 4.98 Å². The topological polar surface area (TPSA) is 30.0 Å². The third kappa shape index (κ3) is 1.76. The van der Waals surface area contributed by atoms with Crippen molar-refractivity contribution < 1.29 is 4.79 Å². The summed E-state index contributed by atoms with van der Waals surface area (Å²) in [6, 6.07) is 11.8. The second kappa shape index (κ2) is 4.13. The van der Waals surface area contributed by atoms with Crippen molar-refractivity contribution in [2.45, 2.75) is 18.8 Å². The lowest BCUT2D eigenvalue weighted by molar-refractivity contribution is 0.0946. The Bertz CT molecular complexity index is 548. The number of hydrogen-bond donors (Lipinski definition) is 0. The molecule has 0 saturated carbocycles. The number of nitrogens with zero attached hydrogens (tertiary/aromatic N) is 1. The molecule has 2 nitrogen and oxygen atoms in total. The van der Waals surface area contributed by atoms with Crippen LogP contribution < -0.4 is 0 Å². The van der Waals surface area contributed by atoms with Gasteiger partial charge in [-0.3, -0.25) is 9.78 Å². The summed E-state index contributed by atoms with van der Waals surface area (Å²) >= 11 is 0. The SMILES string of the molecule is O=C1c2ccccc2CCC1c1ccncc1. The second-order valence-electron chi connectivity index (χ2n) is 4.39. The molecule has 84 valence electrons. The van der Waals surface area contributed by atoms with Gasteiger partial charge in [0.15, 0.2) is 5.78 Å². The van der Waals surface area contributed by atoms with E-state index in [-0.39, 0.29) is 11.7 Å². The Balaban J connectivity index is 2.00. The van der Waals surface area contributed by atoms with Crippen LogP contribution in [0.1, 0.15) is 33.8 Å². The van der Waals surface area contributed by atoms with Gasteiger partial charge in [0.05, 0.1) is 0 Å². The molecule has 0 radical (unpaired) electrons. The second-order valence-corrected chi connectivity index (χ2v) is 4.39. The van der Waals surface area contributed by atoms with E-state index in [1.165, 1.54) is 5.56 Å². The molecule has 1 aliphatic carbocycles. The van der Waals surface area contributed by atoms with Crippen molar-refractivity contribution in [2.24, 2.45) is 0 Å². The third-order valence-electron chi connectivity index (χ3n) is 3.41. The number of benzene rings is 1. The van der Waals surface area contributed by atoms with Crippen LogP contribution in [0, 0.1) is 0 Å². The molecule has 1 aromatic carbocycles. The first-order valence-electron chi connectivity index (χ1n) is 5.88. The van der Waals surface area contributed by atoms with Gasteiger partial charge in [-0.1, -0.05) is 24.3 Å². The number of Topliss-reactive ketones (excluding diaryl/α,β-unsaturated/α-hetero) is 1. The zero-order valence-corrected chi connectivity index (χ0v) is 9.47. The molecule has 2 heteroatoms. The summed E-state index contributed by atoms with van der Waals surface area (Å²) in [5, 5.41) is 0. The molecule has 1 heterocycles. The third-order valence-corrected chi connectivity index (χ3v) is 3.41. The molecule has 1 aliphatic rings. The van der Waals surface area contributed by atoms with Gasteiger partial charge in [0.25, 0.3) is 0 Å². The van der Waals surface area contributed by atoms with Gasteiger partial charge >= 0.3 is 0 Å². The Labute approximate surface area is 100 Å². The highest BCUT2D eigenvalue weighted by Crippen LogP contribution is 2.32. The Kier molecular flexibility index (Phi) is 2.48. The van der Waals surface area contributed by atoms with Crippen molar-refractivity contribution in [1.29, 1.82) is 0 Å². The van der Waals surface area contributed by atoms with Crippen LogP contribution in [0.2, 0.25) is 0 Å².